The number of phosphoric acid groups is 1. The maximum absolute atomic E-state index is 11.8. The van der Waals surface area contributed by atoms with Crippen LogP contribution in [0.25, 0.3) is 0 Å². The zero-order valence-corrected chi connectivity index (χ0v) is 14.9. The van der Waals surface area contributed by atoms with Crippen LogP contribution in [0.1, 0.15) is 27.0 Å². The average Bonchev–Trinajstić information content (AvgIpc) is 2.71. The normalized spacial score (nSPS) is 29.5. The largest absolute Gasteiger partial charge is 0.472 e. The van der Waals surface area contributed by atoms with E-state index in [-0.39, 0.29) is 5.82 Å². The Balaban J connectivity index is 2.07. The molecule has 1 aromatic heterocycles. The Morgan fingerprint density at radius 1 is 1.40 bits per heavy atom. The minimum Gasteiger partial charge on any atom is -0.387 e. The second kappa shape index (κ2) is 7.12. The van der Waals surface area contributed by atoms with Gasteiger partial charge in [0.25, 0.3) is 0 Å². The number of aliphatic hydroxyl groups excluding tert-OH is 2. The van der Waals surface area contributed by atoms with Gasteiger partial charge in [-0.2, -0.15) is 4.98 Å². The van der Waals surface area contributed by atoms with Gasteiger partial charge in [-0.3, -0.25) is 13.6 Å². The second-order valence-corrected chi connectivity index (χ2v) is 7.93. The third-order valence-electron chi connectivity index (χ3n) is 3.25. The van der Waals surface area contributed by atoms with E-state index in [2.05, 4.69) is 4.98 Å². The van der Waals surface area contributed by atoms with Crippen molar-refractivity contribution in [2.24, 2.45) is 0 Å². The summed E-state index contributed by atoms with van der Waals surface area (Å²) >= 11 is 0. The van der Waals surface area contributed by atoms with Crippen LogP contribution in [0.15, 0.2) is 17.1 Å². The van der Waals surface area contributed by atoms with Crippen LogP contribution in [0.5, 0.6) is 0 Å². The van der Waals surface area contributed by atoms with E-state index in [1.165, 1.54) is 12.3 Å². The number of nitrogens with zero attached hydrogens (tertiary/aromatic N) is 2. The van der Waals surface area contributed by atoms with Crippen molar-refractivity contribution in [3.8, 4) is 0 Å². The lowest BCUT2D eigenvalue weighted by molar-refractivity contribution is -0.0575. The fraction of sp³-hybridized carbons (Fsp3) is 0.692. The summed E-state index contributed by atoms with van der Waals surface area (Å²) in [5, 5.41) is 20.1. The molecular formula is C13H22N3O8P. The summed E-state index contributed by atoms with van der Waals surface area (Å²) in [5.41, 5.74) is 3.69. The van der Waals surface area contributed by atoms with Crippen molar-refractivity contribution < 1.29 is 33.5 Å². The highest BCUT2D eigenvalue weighted by atomic mass is 31.2. The Morgan fingerprint density at radius 2 is 2.04 bits per heavy atom. The van der Waals surface area contributed by atoms with Crippen molar-refractivity contribution in [2.45, 2.75) is 50.9 Å². The highest BCUT2D eigenvalue weighted by Crippen LogP contribution is 2.47. The SMILES string of the molecule is CC(C)(C)OP(=O)(O)OCC1OC(n2ccc(N)nc2=O)C(O)C1O. The minimum absolute atomic E-state index is 0.00489. The molecule has 0 radical (unpaired) electrons. The van der Waals surface area contributed by atoms with E-state index in [1.807, 2.05) is 0 Å². The molecule has 1 fully saturated rings. The molecule has 11 nitrogen and oxygen atoms in total. The Kier molecular flexibility index (Phi) is 5.69. The second-order valence-electron chi connectivity index (χ2n) is 6.56. The number of nitrogens with two attached hydrogens (primary N) is 1. The van der Waals surface area contributed by atoms with E-state index >= 15 is 0 Å². The Morgan fingerprint density at radius 3 is 2.60 bits per heavy atom. The Labute approximate surface area is 143 Å². The van der Waals surface area contributed by atoms with E-state index in [9.17, 15) is 24.5 Å². The predicted octanol–water partition coefficient (Wildman–Crippen LogP) is -0.623. The van der Waals surface area contributed by atoms with E-state index in [0.29, 0.717) is 0 Å². The van der Waals surface area contributed by atoms with Gasteiger partial charge >= 0.3 is 13.5 Å². The van der Waals surface area contributed by atoms with Gasteiger partial charge in [0, 0.05) is 6.20 Å². The summed E-state index contributed by atoms with van der Waals surface area (Å²) < 4.78 is 27.9. The minimum atomic E-state index is -4.39. The molecule has 5 unspecified atom stereocenters. The molecule has 0 aromatic carbocycles. The van der Waals surface area contributed by atoms with Crippen LogP contribution in [-0.2, 0) is 18.3 Å². The third-order valence-corrected chi connectivity index (χ3v) is 4.51. The fourth-order valence-electron chi connectivity index (χ4n) is 2.26. The molecule has 0 saturated carbocycles. The summed E-state index contributed by atoms with van der Waals surface area (Å²) in [4.78, 5) is 25.0. The molecule has 1 aliphatic rings. The number of aliphatic hydroxyl groups is 2. The zero-order chi connectivity index (χ0) is 19.0. The number of anilines is 1. The van der Waals surface area contributed by atoms with E-state index in [4.69, 9.17) is 19.5 Å². The molecule has 0 aliphatic carbocycles. The van der Waals surface area contributed by atoms with Crippen LogP contribution in [0, 0.1) is 0 Å². The maximum Gasteiger partial charge on any atom is 0.472 e. The van der Waals surface area contributed by atoms with Gasteiger partial charge in [-0.15, -0.1) is 0 Å². The van der Waals surface area contributed by atoms with Crippen molar-refractivity contribution in [1.29, 1.82) is 0 Å². The van der Waals surface area contributed by atoms with Crippen molar-refractivity contribution in [2.75, 3.05) is 12.3 Å². The van der Waals surface area contributed by atoms with Crippen LogP contribution < -0.4 is 11.4 Å². The summed E-state index contributed by atoms with van der Waals surface area (Å²) in [7, 11) is -4.39. The number of phosphoric ester groups is 1. The highest BCUT2D eigenvalue weighted by Gasteiger charge is 2.45. The number of hydrogen-bond donors (Lipinski definition) is 4. The molecule has 5 atom stereocenters. The van der Waals surface area contributed by atoms with Gasteiger partial charge in [-0.25, -0.2) is 9.36 Å². The Hall–Kier alpha value is -1.33. The third kappa shape index (κ3) is 5.08. The fourth-order valence-corrected chi connectivity index (χ4v) is 3.34. The molecule has 5 N–H and O–H groups in total. The van der Waals surface area contributed by atoms with Crippen molar-refractivity contribution in [3.05, 3.63) is 22.7 Å². The molecule has 25 heavy (non-hydrogen) atoms. The zero-order valence-electron chi connectivity index (χ0n) is 14.0. The van der Waals surface area contributed by atoms with Crippen molar-refractivity contribution >= 4 is 13.6 Å². The topological polar surface area (TPSA) is 166 Å². The van der Waals surface area contributed by atoms with Crippen LogP contribution in [0.2, 0.25) is 0 Å². The van der Waals surface area contributed by atoms with Crippen LogP contribution in [-0.4, -0.2) is 55.2 Å². The molecule has 0 bridgehead atoms. The van der Waals surface area contributed by atoms with Crippen molar-refractivity contribution in [3.63, 3.8) is 0 Å². The van der Waals surface area contributed by atoms with Gasteiger partial charge in [0.05, 0.1) is 12.2 Å². The standard InChI is InChI=1S/C13H22N3O8P/c1-13(2,3)24-25(20,21)22-6-7-9(17)10(18)11(23-7)16-5-4-8(14)15-12(16)19/h4-5,7,9-11,17-18H,6H2,1-3H3,(H,20,21)(H2,14,15,19). The van der Waals surface area contributed by atoms with Crippen LogP contribution >= 0.6 is 7.82 Å². The van der Waals surface area contributed by atoms with Crippen LogP contribution in [0.4, 0.5) is 5.82 Å². The smallest absolute Gasteiger partial charge is 0.387 e. The first-order valence-electron chi connectivity index (χ1n) is 7.44. The molecule has 1 aliphatic heterocycles. The van der Waals surface area contributed by atoms with Gasteiger partial charge in [0.1, 0.15) is 24.1 Å². The summed E-state index contributed by atoms with van der Waals surface area (Å²) in [6.07, 6.45) is -4.07. The quantitative estimate of drug-likeness (QED) is 0.484. The summed E-state index contributed by atoms with van der Waals surface area (Å²) in [6.45, 7) is 4.18. The van der Waals surface area contributed by atoms with E-state index in [0.717, 1.165) is 4.57 Å². The molecule has 1 aromatic rings. The molecule has 2 heterocycles. The number of ether oxygens (including phenoxy) is 1. The molecule has 0 amide bonds. The lowest BCUT2D eigenvalue weighted by atomic mass is 10.1. The van der Waals surface area contributed by atoms with Gasteiger partial charge in [-0.1, -0.05) is 0 Å². The maximum atomic E-state index is 11.8. The first-order chi connectivity index (χ1) is 11.4. The molecule has 0 spiro atoms. The van der Waals surface area contributed by atoms with E-state index in [1.54, 1.807) is 20.8 Å². The number of nitrogen functional groups attached to an aromatic ring is 1. The first kappa shape index (κ1) is 20.0. The molecular weight excluding hydrogens is 357 g/mol. The molecule has 142 valence electrons. The Bertz CT molecular complexity index is 718. The first-order valence-corrected chi connectivity index (χ1v) is 8.93. The lowest BCUT2D eigenvalue weighted by Gasteiger charge is -2.24. The van der Waals surface area contributed by atoms with Gasteiger partial charge < -0.3 is 25.6 Å². The average molecular weight is 379 g/mol. The monoisotopic (exact) mass is 379 g/mol. The molecule has 2 rings (SSSR count). The summed E-state index contributed by atoms with van der Waals surface area (Å²) in [6, 6.07) is 1.33. The predicted molar refractivity (Wildman–Crippen MR) is 85.4 cm³/mol. The highest BCUT2D eigenvalue weighted by molar-refractivity contribution is 7.47. The van der Waals surface area contributed by atoms with Gasteiger partial charge in [0.15, 0.2) is 6.23 Å². The molecule has 1 saturated heterocycles. The van der Waals surface area contributed by atoms with E-state index < -0.39 is 50.3 Å². The molecule has 12 heteroatoms. The van der Waals surface area contributed by atoms with Crippen LogP contribution in [0.3, 0.4) is 0 Å². The number of aromatic nitrogens is 2. The number of rotatable bonds is 5. The summed E-state index contributed by atoms with van der Waals surface area (Å²) in [5.74, 6) is -0.00489. The van der Waals surface area contributed by atoms with Crippen molar-refractivity contribution in [1.82, 2.24) is 9.55 Å². The van der Waals surface area contributed by atoms with Gasteiger partial charge in [-0.05, 0) is 26.8 Å². The van der Waals surface area contributed by atoms with Gasteiger partial charge in [0.2, 0.25) is 0 Å². The number of hydrogen-bond acceptors (Lipinski definition) is 9. The lowest BCUT2D eigenvalue weighted by Crippen LogP contribution is -2.36.